The number of ether oxygens (including phenoxy) is 5. The zero-order valence-corrected chi connectivity index (χ0v) is 21.3. The third-order valence-electron chi connectivity index (χ3n) is 5.15. The number of carbonyl (C=O) groups is 3. The van der Waals surface area contributed by atoms with Crippen LogP contribution in [0.25, 0.3) is 0 Å². The number of carbonyl (C=O) groups excluding carboxylic acids is 3. The van der Waals surface area contributed by atoms with Gasteiger partial charge in [0.1, 0.15) is 5.75 Å². The van der Waals surface area contributed by atoms with Gasteiger partial charge in [0.05, 0.1) is 46.8 Å². The first kappa shape index (κ1) is 27.5. The average Bonchev–Trinajstić information content (AvgIpc) is 2.96. The first-order valence-electron chi connectivity index (χ1n) is 11.2. The Hall–Kier alpha value is -5.06. The molecule has 0 aliphatic rings. The van der Waals surface area contributed by atoms with Crippen molar-refractivity contribution in [2.75, 3.05) is 35.0 Å². The second-order valence-electron chi connectivity index (χ2n) is 7.58. The number of hydrogen-bond donors (Lipinski definition) is 2. The van der Waals surface area contributed by atoms with E-state index in [0.717, 1.165) is 0 Å². The fourth-order valence-corrected chi connectivity index (χ4v) is 3.22. The van der Waals surface area contributed by atoms with Crippen LogP contribution in [0, 0.1) is 0 Å². The number of benzene rings is 3. The molecule has 0 atom stereocenters. The van der Waals surface area contributed by atoms with Gasteiger partial charge >= 0.3 is 5.97 Å². The molecule has 3 rings (SSSR count). The Kier molecular flexibility index (Phi) is 9.64. The van der Waals surface area contributed by atoms with Gasteiger partial charge in [-0.1, -0.05) is 6.07 Å². The molecule has 0 radical (unpaired) electrons. The molecule has 0 aliphatic heterocycles. The van der Waals surface area contributed by atoms with E-state index in [1.807, 2.05) is 0 Å². The predicted molar refractivity (Wildman–Crippen MR) is 139 cm³/mol. The Bertz CT molecular complexity index is 1340. The first-order valence-corrected chi connectivity index (χ1v) is 11.2. The maximum Gasteiger partial charge on any atom is 0.343 e. The number of amides is 2. The summed E-state index contributed by atoms with van der Waals surface area (Å²) in [6.07, 6.45) is 1.38. The number of methoxy groups -OCH3 is 4. The number of nitrogens with one attached hydrogen (secondary N) is 2. The highest BCUT2D eigenvalue weighted by Crippen LogP contribution is 2.29. The van der Waals surface area contributed by atoms with Crippen LogP contribution < -0.4 is 34.4 Å². The van der Waals surface area contributed by atoms with Crippen molar-refractivity contribution < 1.29 is 38.1 Å². The largest absolute Gasteiger partial charge is 0.497 e. The molecule has 3 aromatic carbocycles. The summed E-state index contributed by atoms with van der Waals surface area (Å²) in [6.45, 7) is -0.299. The predicted octanol–water partition coefficient (Wildman–Crippen LogP) is 2.82. The lowest BCUT2D eigenvalue weighted by atomic mass is 10.2. The maximum absolute atomic E-state index is 12.5. The van der Waals surface area contributed by atoms with Gasteiger partial charge in [-0.3, -0.25) is 9.59 Å². The molecule has 2 N–H and O–H groups in total. The molecule has 11 heteroatoms. The molecule has 3 aromatic rings. The van der Waals surface area contributed by atoms with E-state index in [9.17, 15) is 14.4 Å². The fraction of sp³-hybridized carbons (Fsp3) is 0.185. The van der Waals surface area contributed by atoms with E-state index in [0.29, 0.717) is 39.7 Å². The second-order valence-corrected chi connectivity index (χ2v) is 7.58. The molecule has 0 unspecified atom stereocenters. The van der Waals surface area contributed by atoms with Crippen molar-refractivity contribution in [1.29, 1.82) is 0 Å². The molecule has 0 saturated carbocycles. The zero-order chi connectivity index (χ0) is 27.5. The summed E-state index contributed by atoms with van der Waals surface area (Å²) < 4.78 is 26.2. The minimum absolute atomic E-state index is 0.208. The first-order chi connectivity index (χ1) is 18.4. The third-order valence-corrected chi connectivity index (χ3v) is 5.15. The van der Waals surface area contributed by atoms with Crippen LogP contribution in [0.5, 0.6) is 28.7 Å². The van der Waals surface area contributed by atoms with Crippen LogP contribution in [0.1, 0.15) is 26.3 Å². The van der Waals surface area contributed by atoms with Gasteiger partial charge in [-0.15, -0.1) is 0 Å². The Morgan fingerprint density at radius 3 is 2.18 bits per heavy atom. The molecule has 0 heterocycles. The lowest BCUT2D eigenvalue weighted by Crippen LogP contribution is -2.34. The molecule has 0 spiro atoms. The van der Waals surface area contributed by atoms with E-state index in [-0.39, 0.29) is 12.3 Å². The van der Waals surface area contributed by atoms with E-state index in [4.69, 9.17) is 23.7 Å². The number of esters is 1. The van der Waals surface area contributed by atoms with Gasteiger partial charge in [-0.05, 0) is 60.2 Å². The highest BCUT2D eigenvalue weighted by atomic mass is 16.6. The van der Waals surface area contributed by atoms with Crippen LogP contribution in [0.2, 0.25) is 0 Å². The summed E-state index contributed by atoms with van der Waals surface area (Å²) in [5, 5.41) is 6.39. The van der Waals surface area contributed by atoms with E-state index in [1.54, 1.807) is 54.6 Å². The summed E-state index contributed by atoms with van der Waals surface area (Å²) >= 11 is 0. The van der Waals surface area contributed by atoms with Gasteiger partial charge in [0.25, 0.3) is 11.8 Å². The second kappa shape index (κ2) is 13.3. The van der Waals surface area contributed by atoms with Gasteiger partial charge in [-0.2, -0.15) is 5.10 Å². The minimum atomic E-state index is -0.578. The van der Waals surface area contributed by atoms with Crippen molar-refractivity contribution in [3.05, 3.63) is 77.4 Å². The van der Waals surface area contributed by atoms with Gasteiger partial charge < -0.3 is 29.0 Å². The Labute approximate surface area is 219 Å². The zero-order valence-electron chi connectivity index (χ0n) is 21.3. The summed E-state index contributed by atoms with van der Waals surface area (Å²) in [7, 11) is 5.89. The van der Waals surface area contributed by atoms with Crippen molar-refractivity contribution in [2.45, 2.75) is 0 Å². The van der Waals surface area contributed by atoms with Crippen LogP contribution in [0.4, 0.5) is 0 Å². The summed E-state index contributed by atoms with van der Waals surface area (Å²) in [5.41, 5.74) is 3.52. The highest BCUT2D eigenvalue weighted by molar-refractivity contribution is 5.97. The third kappa shape index (κ3) is 7.23. The molecule has 198 valence electrons. The van der Waals surface area contributed by atoms with Crippen molar-refractivity contribution in [2.24, 2.45) is 5.10 Å². The van der Waals surface area contributed by atoms with Crippen molar-refractivity contribution in [3.8, 4) is 28.7 Å². The summed E-state index contributed by atoms with van der Waals surface area (Å²) in [5.74, 6) is 0.325. The van der Waals surface area contributed by atoms with Crippen molar-refractivity contribution in [1.82, 2.24) is 10.7 Å². The van der Waals surface area contributed by atoms with E-state index < -0.39 is 17.8 Å². The highest BCUT2D eigenvalue weighted by Gasteiger charge is 2.14. The Morgan fingerprint density at radius 2 is 1.47 bits per heavy atom. The molecular weight excluding hydrogens is 494 g/mol. The van der Waals surface area contributed by atoms with Gasteiger partial charge in [0, 0.05) is 5.56 Å². The van der Waals surface area contributed by atoms with Crippen LogP contribution in [0.15, 0.2) is 65.8 Å². The topological polar surface area (TPSA) is 134 Å². The van der Waals surface area contributed by atoms with Crippen LogP contribution in [-0.4, -0.2) is 59.0 Å². The number of hydrazone groups is 1. The number of hydrogen-bond acceptors (Lipinski definition) is 9. The molecule has 0 aliphatic carbocycles. The standard InChI is InChI=1S/C27H27N3O8/c1-34-20-7-5-6-19(13-20)27(33)38-22-10-8-17(12-23(22)36-3)15-29-30-25(31)16-28-26(32)18-9-11-21(35-2)24(14-18)37-4/h5-15H,16H2,1-4H3,(H,28,32)(H,30,31). The quantitative estimate of drug-likeness (QED) is 0.170. The fourth-order valence-electron chi connectivity index (χ4n) is 3.22. The van der Waals surface area contributed by atoms with Gasteiger partial charge in [0.2, 0.25) is 0 Å². The van der Waals surface area contributed by atoms with E-state index >= 15 is 0 Å². The normalized spacial score (nSPS) is 10.4. The van der Waals surface area contributed by atoms with E-state index in [2.05, 4.69) is 15.8 Å². The molecular formula is C27H27N3O8. The van der Waals surface area contributed by atoms with Crippen LogP contribution in [-0.2, 0) is 4.79 Å². The van der Waals surface area contributed by atoms with Crippen molar-refractivity contribution in [3.63, 3.8) is 0 Å². The SMILES string of the molecule is COc1cccc(C(=O)Oc2ccc(C=NNC(=O)CNC(=O)c3ccc(OC)c(OC)c3)cc2OC)c1. The molecule has 38 heavy (non-hydrogen) atoms. The maximum atomic E-state index is 12.5. The lowest BCUT2D eigenvalue weighted by Gasteiger charge is -2.10. The molecule has 11 nitrogen and oxygen atoms in total. The molecule has 0 fully saturated rings. The Balaban J connectivity index is 1.55. The monoisotopic (exact) mass is 521 g/mol. The Morgan fingerprint density at radius 1 is 0.763 bits per heavy atom. The van der Waals surface area contributed by atoms with E-state index in [1.165, 1.54) is 40.7 Å². The number of nitrogens with zero attached hydrogens (tertiary/aromatic N) is 1. The minimum Gasteiger partial charge on any atom is -0.497 e. The summed E-state index contributed by atoms with van der Waals surface area (Å²) in [4.78, 5) is 36.9. The molecule has 0 saturated heterocycles. The molecule has 2 amide bonds. The number of rotatable bonds is 11. The van der Waals surface area contributed by atoms with Crippen molar-refractivity contribution >= 4 is 24.0 Å². The smallest absolute Gasteiger partial charge is 0.343 e. The lowest BCUT2D eigenvalue weighted by molar-refractivity contribution is -0.120. The molecule has 0 aromatic heterocycles. The van der Waals surface area contributed by atoms with Gasteiger partial charge in [0.15, 0.2) is 23.0 Å². The van der Waals surface area contributed by atoms with Gasteiger partial charge in [-0.25, -0.2) is 10.2 Å². The van der Waals surface area contributed by atoms with Crippen LogP contribution >= 0.6 is 0 Å². The van der Waals surface area contributed by atoms with Crippen LogP contribution in [0.3, 0.4) is 0 Å². The molecule has 0 bridgehead atoms. The summed E-state index contributed by atoms with van der Waals surface area (Å²) in [6, 6.07) is 16.0. The average molecular weight is 522 g/mol.